The molecule has 1 N–H and O–H groups in total. The second-order valence-electron chi connectivity index (χ2n) is 4.20. The Morgan fingerprint density at radius 1 is 1.44 bits per heavy atom. The number of aromatic nitrogens is 1. The summed E-state index contributed by atoms with van der Waals surface area (Å²) >= 11 is 3.84. The maximum Gasteiger partial charge on any atom is 0.103 e. The van der Waals surface area contributed by atoms with E-state index in [9.17, 15) is 0 Å². The molecule has 0 amide bonds. The first-order chi connectivity index (χ1) is 7.63. The maximum absolute atomic E-state index is 4.62. The first-order valence-corrected chi connectivity index (χ1v) is 7.87. The van der Waals surface area contributed by atoms with Gasteiger partial charge in [0, 0.05) is 23.2 Å². The zero-order valence-electron chi connectivity index (χ0n) is 10.7. The van der Waals surface area contributed by atoms with Crippen molar-refractivity contribution in [1.82, 2.24) is 10.3 Å². The van der Waals surface area contributed by atoms with E-state index >= 15 is 0 Å². The predicted molar refractivity (Wildman–Crippen MR) is 75.3 cm³/mol. The first-order valence-electron chi connectivity index (χ1n) is 5.89. The normalized spacial score (nSPS) is 11.3. The SMILES string of the molecule is CCCSCc1nc(C)c(CNC(C)C)s1. The van der Waals surface area contributed by atoms with Crippen LogP contribution in [-0.2, 0) is 12.3 Å². The minimum atomic E-state index is 0.541. The third kappa shape index (κ3) is 4.85. The van der Waals surface area contributed by atoms with Crippen molar-refractivity contribution in [3.63, 3.8) is 0 Å². The molecule has 0 fully saturated rings. The highest BCUT2D eigenvalue weighted by Gasteiger charge is 2.07. The van der Waals surface area contributed by atoms with Gasteiger partial charge < -0.3 is 5.32 Å². The highest BCUT2D eigenvalue weighted by Crippen LogP contribution is 2.22. The molecule has 0 unspecified atom stereocenters. The van der Waals surface area contributed by atoms with Crippen LogP contribution in [0.5, 0.6) is 0 Å². The highest BCUT2D eigenvalue weighted by atomic mass is 32.2. The van der Waals surface area contributed by atoms with Crippen LogP contribution >= 0.6 is 23.1 Å². The van der Waals surface area contributed by atoms with Crippen molar-refractivity contribution in [3.05, 3.63) is 15.6 Å². The Morgan fingerprint density at radius 2 is 2.19 bits per heavy atom. The van der Waals surface area contributed by atoms with E-state index in [1.54, 1.807) is 0 Å². The van der Waals surface area contributed by atoms with Crippen LogP contribution in [0.3, 0.4) is 0 Å². The summed E-state index contributed by atoms with van der Waals surface area (Å²) < 4.78 is 0. The topological polar surface area (TPSA) is 24.9 Å². The van der Waals surface area contributed by atoms with E-state index < -0.39 is 0 Å². The lowest BCUT2D eigenvalue weighted by Crippen LogP contribution is -2.21. The smallest absolute Gasteiger partial charge is 0.103 e. The first kappa shape index (κ1) is 14.0. The van der Waals surface area contributed by atoms with Gasteiger partial charge in [0.25, 0.3) is 0 Å². The van der Waals surface area contributed by atoms with Gasteiger partial charge in [0.1, 0.15) is 5.01 Å². The van der Waals surface area contributed by atoms with Crippen molar-refractivity contribution in [3.8, 4) is 0 Å². The van der Waals surface area contributed by atoms with Gasteiger partial charge in [-0.25, -0.2) is 4.98 Å². The van der Waals surface area contributed by atoms with Crippen molar-refractivity contribution in [2.24, 2.45) is 0 Å². The molecule has 0 saturated carbocycles. The third-order valence-corrected chi connectivity index (χ3v) is 4.70. The molecule has 0 aliphatic rings. The molecule has 0 saturated heterocycles. The Morgan fingerprint density at radius 3 is 2.81 bits per heavy atom. The van der Waals surface area contributed by atoms with Gasteiger partial charge in [0.15, 0.2) is 0 Å². The van der Waals surface area contributed by atoms with E-state index in [0.717, 1.165) is 12.3 Å². The molecule has 0 spiro atoms. The van der Waals surface area contributed by atoms with E-state index in [-0.39, 0.29) is 0 Å². The molecule has 0 radical (unpaired) electrons. The highest BCUT2D eigenvalue weighted by molar-refractivity contribution is 7.98. The van der Waals surface area contributed by atoms with E-state index in [0.29, 0.717) is 6.04 Å². The van der Waals surface area contributed by atoms with Gasteiger partial charge in [0.2, 0.25) is 0 Å². The van der Waals surface area contributed by atoms with Gasteiger partial charge >= 0.3 is 0 Å². The maximum atomic E-state index is 4.62. The lowest BCUT2D eigenvalue weighted by atomic mass is 10.3. The van der Waals surface area contributed by atoms with Crippen LogP contribution in [0.15, 0.2) is 0 Å². The largest absolute Gasteiger partial charge is 0.310 e. The summed E-state index contributed by atoms with van der Waals surface area (Å²) in [6, 6.07) is 0.541. The van der Waals surface area contributed by atoms with E-state index in [4.69, 9.17) is 0 Å². The van der Waals surface area contributed by atoms with Gasteiger partial charge in [-0.2, -0.15) is 11.8 Å². The molecule has 0 aromatic carbocycles. The standard InChI is InChI=1S/C12H22N2S2/c1-5-6-15-8-12-14-10(4)11(16-12)7-13-9(2)3/h9,13H,5-8H2,1-4H3. The molecule has 1 aromatic heterocycles. The summed E-state index contributed by atoms with van der Waals surface area (Å²) in [7, 11) is 0. The zero-order chi connectivity index (χ0) is 12.0. The molecule has 0 aliphatic heterocycles. The fraction of sp³-hybridized carbons (Fsp3) is 0.750. The molecular formula is C12H22N2S2. The van der Waals surface area contributed by atoms with Crippen LogP contribution in [0.4, 0.5) is 0 Å². The molecule has 0 bridgehead atoms. The summed E-state index contributed by atoms with van der Waals surface area (Å²) in [5, 5.41) is 4.72. The van der Waals surface area contributed by atoms with Crippen LogP contribution in [0, 0.1) is 6.92 Å². The Kier molecular flexibility index (Phi) is 6.39. The molecule has 2 nitrogen and oxygen atoms in total. The molecule has 4 heteroatoms. The lowest BCUT2D eigenvalue weighted by Gasteiger charge is -2.05. The Bertz CT molecular complexity index is 308. The fourth-order valence-electron chi connectivity index (χ4n) is 1.31. The minimum absolute atomic E-state index is 0.541. The molecule has 16 heavy (non-hydrogen) atoms. The lowest BCUT2D eigenvalue weighted by molar-refractivity contribution is 0.591. The average molecular weight is 258 g/mol. The second-order valence-corrected chi connectivity index (χ2v) is 6.48. The predicted octanol–water partition coefficient (Wildman–Crippen LogP) is 3.59. The van der Waals surface area contributed by atoms with Crippen LogP contribution in [0.25, 0.3) is 0 Å². The zero-order valence-corrected chi connectivity index (χ0v) is 12.3. The molecule has 1 rings (SSSR count). The Hall–Kier alpha value is -0.0600. The molecule has 1 heterocycles. The molecule has 0 atom stereocenters. The number of thiazole rings is 1. The molecule has 0 aliphatic carbocycles. The second kappa shape index (κ2) is 7.30. The number of nitrogens with one attached hydrogen (secondary N) is 1. The van der Waals surface area contributed by atoms with Crippen molar-refractivity contribution in [1.29, 1.82) is 0 Å². The van der Waals surface area contributed by atoms with Crippen molar-refractivity contribution < 1.29 is 0 Å². The van der Waals surface area contributed by atoms with Crippen LogP contribution < -0.4 is 5.32 Å². The summed E-state index contributed by atoms with van der Waals surface area (Å²) in [5.74, 6) is 2.30. The van der Waals surface area contributed by atoms with Gasteiger partial charge in [0.05, 0.1) is 5.69 Å². The van der Waals surface area contributed by atoms with Crippen molar-refractivity contribution in [2.45, 2.75) is 52.5 Å². The quantitative estimate of drug-likeness (QED) is 0.757. The van der Waals surface area contributed by atoms with Crippen LogP contribution in [0.2, 0.25) is 0 Å². The van der Waals surface area contributed by atoms with E-state index in [1.807, 2.05) is 23.1 Å². The van der Waals surface area contributed by atoms with Crippen molar-refractivity contribution >= 4 is 23.1 Å². The monoisotopic (exact) mass is 258 g/mol. The van der Waals surface area contributed by atoms with E-state index in [2.05, 4.69) is 38.0 Å². The van der Waals surface area contributed by atoms with Crippen LogP contribution in [-0.4, -0.2) is 16.8 Å². The molecular weight excluding hydrogens is 236 g/mol. The van der Waals surface area contributed by atoms with Gasteiger partial charge in [-0.15, -0.1) is 11.3 Å². The van der Waals surface area contributed by atoms with E-state index in [1.165, 1.54) is 27.8 Å². The number of thioether (sulfide) groups is 1. The number of rotatable bonds is 7. The molecule has 1 aromatic rings. The average Bonchev–Trinajstić information content (AvgIpc) is 2.57. The third-order valence-electron chi connectivity index (χ3n) is 2.18. The van der Waals surface area contributed by atoms with Gasteiger partial charge in [-0.1, -0.05) is 20.8 Å². The fourth-order valence-corrected chi connectivity index (χ4v) is 3.29. The summed E-state index contributed by atoms with van der Waals surface area (Å²) in [6.45, 7) is 9.64. The van der Waals surface area contributed by atoms with Crippen molar-refractivity contribution in [2.75, 3.05) is 5.75 Å². The van der Waals surface area contributed by atoms with Gasteiger partial charge in [-0.3, -0.25) is 0 Å². The minimum Gasteiger partial charge on any atom is -0.310 e. The Balaban J connectivity index is 2.46. The number of hydrogen-bond acceptors (Lipinski definition) is 4. The van der Waals surface area contributed by atoms with Crippen LogP contribution in [0.1, 0.15) is 42.8 Å². The summed E-state index contributed by atoms with van der Waals surface area (Å²) in [6.07, 6.45) is 1.25. The Labute approximate surface area is 107 Å². The molecule has 92 valence electrons. The summed E-state index contributed by atoms with van der Waals surface area (Å²) in [5.41, 5.74) is 1.20. The number of aryl methyl sites for hydroxylation is 1. The number of hydrogen-bond donors (Lipinski definition) is 1. The van der Waals surface area contributed by atoms with Gasteiger partial charge in [-0.05, 0) is 19.1 Å². The number of nitrogens with zero attached hydrogens (tertiary/aromatic N) is 1. The summed E-state index contributed by atoms with van der Waals surface area (Å²) in [4.78, 5) is 6.01.